The van der Waals surface area contributed by atoms with Crippen LogP contribution in [0.5, 0.6) is 5.75 Å². The highest BCUT2D eigenvalue weighted by Gasteiger charge is 2.17. The molecule has 0 saturated heterocycles. The smallest absolute Gasteiger partial charge is 0.273 e. The average Bonchev–Trinajstić information content (AvgIpc) is 3.18. The number of hydrogen-bond acceptors (Lipinski definition) is 4. The van der Waals surface area contributed by atoms with Gasteiger partial charge in [0.25, 0.3) is 5.91 Å². The van der Waals surface area contributed by atoms with Crippen molar-refractivity contribution in [3.05, 3.63) is 53.9 Å². The van der Waals surface area contributed by atoms with Crippen LogP contribution in [-0.2, 0) is 14.1 Å². The first-order chi connectivity index (χ1) is 12.4. The van der Waals surface area contributed by atoms with Crippen LogP contribution in [-0.4, -0.2) is 33.3 Å². The minimum absolute atomic E-state index is 0.278. The summed E-state index contributed by atoms with van der Waals surface area (Å²) in [6, 6.07) is 10.7. The van der Waals surface area contributed by atoms with E-state index in [0.29, 0.717) is 17.2 Å². The molecule has 8 heteroatoms. The first-order valence-corrected chi connectivity index (χ1v) is 7.85. The van der Waals surface area contributed by atoms with E-state index in [1.165, 1.54) is 12.3 Å². The van der Waals surface area contributed by atoms with E-state index < -0.39 is 5.91 Å². The number of nitrogens with zero attached hydrogens (tertiary/aromatic N) is 3. The summed E-state index contributed by atoms with van der Waals surface area (Å²) in [5.41, 5.74) is 7.43. The number of amides is 2. The molecule has 0 fully saturated rings. The molecule has 3 rings (SSSR count). The van der Waals surface area contributed by atoms with E-state index in [1.807, 2.05) is 24.3 Å². The number of nitrogens with one attached hydrogen (secondary N) is 1. The molecule has 3 aromatic rings. The topological polar surface area (TPSA) is 104 Å². The fourth-order valence-corrected chi connectivity index (χ4v) is 2.61. The third-order valence-corrected chi connectivity index (χ3v) is 4.01. The first-order valence-electron chi connectivity index (χ1n) is 7.85. The number of benzene rings is 1. The lowest BCUT2D eigenvalue weighted by molar-refractivity contribution is 0.0998. The Kier molecular flexibility index (Phi) is 4.49. The van der Waals surface area contributed by atoms with E-state index in [4.69, 9.17) is 10.5 Å². The molecule has 2 aromatic heterocycles. The molecule has 0 bridgehead atoms. The molecule has 0 unspecified atom stereocenters. The van der Waals surface area contributed by atoms with Gasteiger partial charge in [-0.1, -0.05) is 12.1 Å². The third-order valence-electron chi connectivity index (χ3n) is 4.01. The second-order valence-corrected chi connectivity index (χ2v) is 5.81. The highest BCUT2D eigenvalue weighted by atomic mass is 16.5. The van der Waals surface area contributed by atoms with Crippen LogP contribution in [0.25, 0.3) is 11.3 Å². The van der Waals surface area contributed by atoms with Crippen LogP contribution in [0.2, 0.25) is 0 Å². The summed E-state index contributed by atoms with van der Waals surface area (Å²) in [5, 5.41) is 7.22. The van der Waals surface area contributed by atoms with Gasteiger partial charge in [0.1, 0.15) is 17.3 Å². The molecule has 2 heterocycles. The van der Waals surface area contributed by atoms with Crippen molar-refractivity contribution in [1.29, 1.82) is 0 Å². The Bertz CT molecular complexity index is 987. The van der Waals surface area contributed by atoms with Gasteiger partial charge in [-0.05, 0) is 18.2 Å². The molecule has 0 aliphatic carbocycles. The number of methoxy groups -OCH3 is 1. The van der Waals surface area contributed by atoms with Crippen LogP contribution >= 0.6 is 0 Å². The maximum Gasteiger partial charge on any atom is 0.273 e. The van der Waals surface area contributed by atoms with Gasteiger partial charge in [-0.2, -0.15) is 5.10 Å². The molecule has 3 N–H and O–H groups in total. The molecule has 0 aliphatic rings. The molecule has 2 amide bonds. The van der Waals surface area contributed by atoms with E-state index in [1.54, 1.807) is 36.5 Å². The molecule has 8 nitrogen and oxygen atoms in total. The minimum atomic E-state index is -0.583. The number of anilines is 1. The van der Waals surface area contributed by atoms with Crippen LogP contribution in [0.3, 0.4) is 0 Å². The zero-order valence-electron chi connectivity index (χ0n) is 14.7. The lowest BCUT2D eigenvalue weighted by Gasteiger charge is -2.05. The van der Waals surface area contributed by atoms with Crippen molar-refractivity contribution in [2.45, 2.75) is 0 Å². The van der Waals surface area contributed by atoms with Crippen molar-refractivity contribution >= 4 is 17.6 Å². The maximum absolute atomic E-state index is 12.5. The Balaban J connectivity index is 1.85. The quantitative estimate of drug-likeness (QED) is 0.729. The molecular formula is C18H19N5O3. The molecule has 0 spiro atoms. The van der Waals surface area contributed by atoms with Gasteiger partial charge in [0, 0.05) is 31.9 Å². The summed E-state index contributed by atoms with van der Waals surface area (Å²) in [4.78, 5) is 23.8. The highest BCUT2D eigenvalue weighted by Crippen LogP contribution is 2.25. The lowest BCUT2D eigenvalue weighted by Crippen LogP contribution is -2.17. The van der Waals surface area contributed by atoms with Crippen molar-refractivity contribution < 1.29 is 14.3 Å². The maximum atomic E-state index is 12.5. The van der Waals surface area contributed by atoms with Crippen LogP contribution in [0, 0.1) is 0 Å². The van der Waals surface area contributed by atoms with E-state index >= 15 is 0 Å². The van der Waals surface area contributed by atoms with Gasteiger partial charge < -0.3 is 20.4 Å². The van der Waals surface area contributed by atoms with Crippen molar-refractivity contribution in [3.8, 4) is 17.0 Å². The third kappa shape index (κ3) is 3.30. The molecule has 0 atom stereocenters. The fraction of sp³-hybridized carbons (Fsp3) is 0.167. The Hall–Kier alpha value is -3.55. The Morgan fingerprint density at radius 1 is 1.19 bits per heavy atom. The number of carbonyl (C=O) groups is 2. The number of carbonyl (C=O) groups excluding carboxylic acids is 2. The molecule has 0 saturated carbocycles. The summed E-state index contributed by atoms with van der Waals surface area (Å²) < 4.78 is 8.35. The lowest BCUT2D eigenvalue weighted by atomic mass is 10.1. The van der Waals surface area contributed by atoms with E-state index in [2.05, 4.69) is 10.4 Å². The molecule has 1 aromatic carbocycles. The predicted molar refractivity (Wildman–Crippen MR) is 97.1 cm³/mol. The van der Waals surface area contributed by atoms with Gasteiger partial charge >= 0.3 is 0 Å². The summed E-state index contributed by atoms with van der Waals surface area (Å²) in [7, 11) is 5.01. The van der Waals surface area contributed by atoms with Crippen LogP contribution in [0.1, 0.15) is 20.8 Å². The summed E-state index contributed by atoms with van der Waals surface area (Å²) >= 11 is 0. The van der Waals surface area contributed by atoms with Crippen molar-refractivity contribution in [3.63, 3.8) is 0 Å². The van der Waals surface area contributed by atoms with E-state index in [0.717, 1.165) is 11.3 Å². The summed E-state index contributed by atoms with van der Waals surface area (Å²) in [6.07, 6.45) is 1.52. The number of aromatic nitrogens is 3. The fourth-order valence-electron chi connectivity index (χ4n) is 2.61. The van der Waals surface area contributed by atoms with Crippen LogP contribution in [0.4, 0.5) is 5.82 Å². The number of ether oxygens (including phenoxy) is 1. The van der Waals surface area contributed by atoms with Crippen molar-refractivity contribution in [2.75, 3.05) is 12.4 Å². The summed E-state index contributed by atoms with van der Waals surface area (Å²) in [5.74, 6) is 0.303. The van der Waals surface area contributed by atoms with Gasteiger partial charge in [-0.15, -0.1) is 0 Å². The SMILES string of the molecule is COc1cccc(-c2cc(NC(=O)c3cc(C(N)=O)cn3C)n(C)n2)c1. The minimum Gasteiger partial charge on any atom is -0.497 e. The summed E-state index contributed by atoms with van der Waals surface area (Å²) in [6.45, 7) is 0. The zero-order valence-corrected chi connectivity index (χ0v) is 14.7. The van der Waals surface area contributed by atoms with Gasteiger partial charge in [0.05, 0.1) is 18.4 Å². The van der Waals surface area contributed by atoms with Gasteiger partial charge in [-0.3, -0.25) is 14.3 Å². The zero-order chi connectivity index (χ0) is 18.8. The normalized spacial score (nSPS) is 10.6. The highest BCUT2D eigenvalue weighted by molar-refractivity contribution is 6.05. The van der Waals surface area contributed by atoms with E-state index in [9.17, 15) is 9.59 Å². The monoisotopic (exact) mass is 353 g/mol. The van der Waals surface area contributed by atoms with E-state index in [-0.39, 0.29) is 11.5 Å². The number of hydrogen-bond donors (Lipinski definition) is 2. The van der Waals surface area contributed by atoms with Crippen molar-refractivity contribution in [2.24, 2.45) is 19.8 Å². The Morgan fingerprint density at radius 3 is 2.62 bits per heavy atom. The molecule has 26 heavy (non-hydrogen) atoms. The van der Waals surface area contributed by atoms with Crippen LogP contribution in [0.15, 0.2) is 42.6 Å². The second kappa shape index (κ2) is 6.75. The second-order valence-electron chi connectivity index (χ2n) is 5.81. The Morgan fingerprint density at radius 2 is 1.96 bits per heavy atom. The number of primary amides is 1. The number of aryl methyl sites for hydroxylation is 2. The van der Waals surface area contributed by atoms with Gasteiger partial charge in [-0.25, -0.2) is 0 Å². The number of rotatable bonds is 5. The molecule has 0 radical (unpaired) electrons. The predicted octanol–water partition coefficient (Wildman–Crippen LogP) is 1.79. The van der Waals surface area contributed by atoms with Gasteiger partial charge in [0.2, 0.25) is 5.91 Å². The molecule has 0 aliphatic heterocycles. The van der Waals surface area contributed by atoms with Crippen molar-refractivity contribution in [1.82, 2.24) is 14.3 Å². The average molecular weight is 353 g/mol. The standard InChI is InChI=1S/C18H19N5O3/c1-22-10-12(17(19)24)8-15(22)18(25)20-16-9-14(21-23(16)2)11-5-4-6-13(7-11)26-3/h4-10H,1-3H3,(H2,19,24)(H,20,25). The van der Waals surface area contributed by atoms with Gasteiger partial charge in [0.15, 0.2) is 0 Å². The molecular weight excluding hydrogens is 334 g/mol. The molecule has 134 valence electrons. The first kappa shape index (κ1) is 17.3. The van der Waals surface area contributed by atoms with Crippen LogP contribution < -0.4 is 15.8 Å². The number of nitrogens with two attached hydrogens (primary N) is 1. The Labute approximate surface area is 150 Å². The largest absolute Gasteiger partial charge is 0.497 e.